The van der Waals surface area contributed by atoms with Crippen molar-refractivity contribution < 1.29 is 0 Å². The number of hydrogen-bond acceptors (Lipinski definition) is 5. The third kappa shape index (κ3) is 2.36. The Morgan fingerprint density at radius 2 is 2.40 bits per heavy atom. The lowest BCUT2D eigenvalue weighted by Gasteiger charge is -2.04. The topological polar surface area (TPSA) is 47.1 Å². The Morgan fingerprint density at radius 1 is 1.50 bits per heavy atom. The molecule has 3 heterocycles. The van der Waals surface area contributed by atoms with Crippen LogP contribution in [-0.2, 0) is 13.6 Å². The highest BCUT2D eigenvalue weighted by atomic mass is 32.2. The molecule has 1 aliphatic carbocycles. The van der Waals surface area contributed by atoms with Gasteiger partial charge in [0, 0.05) is 37.4 Å². The number of aryl methyl sites for hydroxylation is 1. The zero-order chi connectivity index (χ0) is 13.5. The van der Waals surface area contributed by atoms with Crippen LogP contribution in [0.25, 0.3) is 4.96 Å². The van der Waals surface area contributed by atoms with E-state index in [0.717, 1.165) is 21.4 Å². The molecule has 1 fully saturated rings. The van der Waals surface area contributed by atoms with Gasteiger partial charge >= 0.3 is 0 Å². The molecule has 3 aromatic rings. The molecule has 7 heteroatoms. The van der Waals surface area contributed by atoms with Crippen LogP contribution in [0.3, 0.4) is 0 Å². The van der Waals surface area contributed by atoms with Crippen LogP contribution < -0.4 is 5.32 Å². The number of aromatic nitrogens is 4. The van der Waals surface area contributed by atoms with Gasteiger partial charge in [-0.1, -0.05) is 11.8 Å². The van der Waals surface area contributed by atoms with Crippen LogP contribution >= 0.6 is 23.1 Å². The molecule has 104 valence electrons. The Balaban J connectivity index is 1.65. The molecule has 1 aliphatic rings. The standard InChI is InChI=1S/C13H15N5S2/c1-17-8-10(6-15-17)20-12-11(7-14-9-2-3-9)18-4-5-19-13(18)16-12/h4-6,8-9,14H,2-3,7H2,1H3. The first-order chi connectivity index (χ1) is 9.79. The van der Waals surface area contributed by atoms with Gasteiger partial charge in [-0.2, -0.15) is 5.10 Å². The summed E-state index contributed by atoms with van der Waals surface area (Å²) in [5.74, 6) is 0. The Hall–Kier alpha value is -1.31. The maximum absolute atomic E-state index is 4.74. The maximum atomic E-state index is 4.74. The number of nitrogens with zero attached hydrogens (tertiary/aromatic N) is 4. The predicted octanol–water partition coefficient (Wildman–Crippen LogP) is 2.53. The third-order valence-electron chi connectivity index (χ3n) is 3.36. The maximum Gasteiger partial charge on any atom is 0.194 e. The fourth-order valence-corrected chi connectivity index (χ4v) is 3.89. The molecule has 0 spiro atoms. The van der Waals surface area contributed by atoms with E-state index in [1.807, 2.05) is 24.1 Å². The molecule has 0 aliphatic heterocycles. The van der Waals surface area contributed by atoms with Crippen LogP contribution in [0.4, 0.5) is 0 Å². The second kappa shape index (κ2) is 4.91. The van der Waals surface area contributed by atoms with Gasteiger partial charge in [0.1, 0.15) is 5.03 Å². The van der Waals surface area contributed by atoms with Crippen LogP contribution in [0.1, 0.15) is 18.5 Å². The van der Waals surface area contributed by atoms with Crippen molar-refractivity contribution in [3.05, 3.63) is 29.7 Å². The SMILES string of the molecule is Cn1cc(Sc2nc3sccn3c2CNC2CC2)cn1. The molecule has 0 amide bonds. The summed E-state index contributed by atoms with van der Waals surface area (Å²) in [5, 5.41) is 11.0. The molecule has 0 saturated heterocycles. The van der Waals surface area contributed by atoms with E-state index in [1.54, 1.807) is 23.1 Å². The van der Waals surface area contributed by atoms with E-state index >= 15 is 0 Å². The summed E-state index contributed by atoms with van der Waals surface area (Å²) in [7, 11) is 1.94. The molecule has 4 rings (SSSR count). The minimum atomic E-state index is 0.704. The molecule has 1 saturated carbocycles. The highest BCUT2D eigenvalue weighted by Gasteiger charge is 2.22. The van der Waals surface area contributed by atoms with Crippen molar-refractivity contribution in [2.24, 2.45) is 7.05 Å². The summed E-state index contributed by atoms with van der Waals surface area (Å²) in [6.07, 6.45) is 8.62. The van der Waals surface area contributed by atoms with Gasteiger partial charge in [-0.05, 0) is 12.8 Å². The molecular weight excluding hydrogens is 290 g/mol. The van der Waals surface area contributed by atoms with Gasteiger partial charge in [0.2, 0.25) is 0 Å². The number of hydrogen-bond donors (Lipinski definition) is 1. The van der Waals surface area contributed by atoms with Gasteiger partial charge in [-0.15, -0.1) is 11.3 Å². The average Bonchev–Trinajstić information content (AvgIpc) is 2.83. The van der Waals surface area contributed by atoms with Crippen LogP contribution in [0.15, 0.2) is 33.9 Å². The summed E-state index contributed by atoms with van der Waals surface area (Å²) >= 11 is 3.37. The van der Waals surface area contributed by atoms with E-state index in [-0.39, 0.29) is 0 Å². The van der Waals surface area contributed by atoms with Gasteiger partial charge < -0.3 is 5.32 Å². The van der Waals surface area contributed by atoms with Crippen LogP contribution in [0.5, 0.6) is 0 Å². The molecule has 0 unspecified atom stereocenters. The summed E-state index contributed by atoms with van der Waals surface area (Å²) in [6, 6.07) is 0.704. The summed E-state index contributed by atoms with van der Waals surface area (Å²) in [4.78, 5) is 6.93. The fourth-order valence-electron chi connectivity index (χ4n) is 2.15. The van der Waals surface area contributed by atoms with E-state index in [1.165, 1.54) is 18.5 Å². The van der Waals surface area contributed by atoms with E-state index < -0.39 is 0 Å². The van der Waals surface area contributed by atoms with E-state index in [4.69, 9.17) is 4.98 Å². The summed E-state index contributed by atoms with van der Waals surface area (Å²) in [5.41, 5.74) is 1.25. The van der Waals surface area contributed by atoms with Gasteiger partial charge in [0.05, 0.1) is 16.8 Å². The van der Waals surface area contributed by atoms with E-state index in [9.17, 15) is 0 Å². The van der Waals surface area contributed by atoms with E-state index in [0.29, 0.717) is 6.04 Å². The molecule has 0 atom stereocenters. The van der Waals surface area contributed by atoms with Gasteiger partial charge in [-0.25, -0.2) is 4.98 Å². The number of imidazole rings is 1. The van der Waals surface area contributed by atoms with Crippen molar-refractivity contribution in [3.63, 3.8) is 0 Å². The Labute approximate surface area is 125 Å². The molecule has 20 heavy (non-hydrogen) atoms. The van der Waals surface area contributed by atoms with Crippen molar-refractivity contribution in [2.75, 3.05) is 0 Å². The largest absolute Gasteiger partial charge is 0.308 e. The Bertz CT molecular complexity index is 737. The first-order valence-electron chi connectivity index (χ1n) is 6.64. The third-order valence-corrected chi connectivity index (χ3v) is 5.08. The zero-order valence-electron chi connectivity index (χ0n) is 11.1. The number of rotatable bonds is 5. The van der Waals surface area contributed by atoms with Crippen LogP contribution in [0, 0.1) is 0 Å². The minimum absolute atomic E-state index is 0.704. The second-order valence-corrected chi connectivity index (χ2v) is 6.96. The van der Waals surface area contributed by atoms with Crippen molar-refractivity contribution >= 4 is 28.1 Å². The predicted molar refractivity (Wildman–Crippen MR) is 80.3 cm³/mol. The summed E-state index contributed by atoms with van der Waals surface area (Å²) in [6.45, 7) is 0.880. The van der Waals surface area contributed by atoms with Crippen molar-refractivity contribution in [1.82, 2.24) is 24.5 Å². The lowest BCUT2D eigenvalue weighted by molar-refractivity contribution is 0.661. The van der Waals surface area contributed by atoms with Crippen molar-refractivity contribution in [1.29, 1.82) is 0 Å². The lowest BCUT2D eigenvalue weighted by Crippen LogP contribution is -2.16. The monoisotopic (exact) mass is 305 g/mol. The molecular formula is C13H15N5S2. The summed E-state index contributed by atoms with van der Waals surface area (Å²) < 4.78 is 4.02. The lowest BCUT2D eigenvalue weighted by atomic mass is 10.4. The van der Waals surface area contributed by atoms with Gasteiger partial charge in [-0.3, -0.25) is 9.08 Å². The molecule has 1 N–H and O–H groups in total. The van der Waals surface area contributed by atoms with Gasteiger partial charge in [0.15, 0.2) is 4.96 Å². The quantitative estimate of drug-likeness (QED) is 0.787. The number of fused-ring (bicyclic) bond motifs is 1. The van der Waals surface area contributed by atoms with Gasteiger partial charge in [0.25, 0.3) is 0 Å². The second-order valence-electron chi connectivity index (χ2n) is 5.03. The smallest absolute Gasteiger partial charge is 0.194 e. The zero-order valence-corrected chi connectivity index (χ0v) is 12.7. The molecule has 0 radical (unpaired) electrons. The molecule has 0 bridgehead atoms. The number of thiazole rings is 1. The number of nitrogens with one attached hydrogen (secondary N) is 1. The molecule has 0 aromatic carbocycles. The first-order valence-corrected chi connectivity index (χ1v) is 8.33. The van der Waals surface area contributed by atoms with Crippen molar-refractivity contribution in [2.45, 2.75) is 35.3 Å². The average molecular weight is 305 g/mol. The highest BCUT2D eigenvalue weighted by Crippen LogP contribution is 2.32. The normalized spacial score (nSPS) is 15.2. The van der Waals surface area contributed by atoms with Crippen LogP contribution in [-0.4, -0.2) is 25.2 Å². The Kier molecular flexibility index (Phi) is 3.05. The minimum Gasteiger partial charge on any atom is -0.308 e. The van der Waals surface area contributed by atoms with Crippen LogP contribution in [0.2, 0.25) is 0 Å². The molecule has 5 nitrogen and oxygen atoms in total. The van der Waals surface area contributed by atoms with Crippen molar-refractivity contribution in [3.8, 4) is 0 Å². The fraction of sp³-hybridized carbons (Fsp3) is 0.385. The van der Waals surface area contributed by atoms with E-state index in [2.05, 4.69) is 26.4 Å². The highest BCUT2D eigenvalue weighted by molar-refractivity contribution is 7.99. The first kappa shape index (κ1) is 12.4. The molecule has 3 aromatic heterocycles. The Morgan fingerprint density at radius 3 is 3.15 bits per heavy atom.